The first kappa shape index (κ1) is 11.9. The average molecular weight is 230 g/mol. The largest absolute Gasteiger partial charge is 0.387 e. The smallest absolute Gasteiger partial charge is 0.0981 e. The Bertz CT molecular complexity index is 473. The second kappa shape index (κ2) is 5.15. The number of benzene rings is 1. The van der Waals surface area contributed by atoms with Gasteiger partial charge in [-0.25, -0.2) is 0 Å². The zero-order valence-electron chi connectivity index (χ0n) is 10.3. The molecule has 0 aliphatic carbocycles. The monoisotopic (exact) mass is 230 g/mol. The number of nitrogens with zero attached hydrogens (tertiary/aromatic N) is 2. The lowest BCUT2D eigenvalue weighted by Crippen LogP contribution is -2.01. The van der Waals surface area contributed by atoms with Crippen LogP contribution in [0, 0.1) is 6.92 Å². The van der Waals surface area contributed by atoms with E-state index in [-0.39, 0.29) is 0 Å². The molecule has 1 aromatic carbocycles. The fraction of sp³-hybridized carbons (Fsp3) is 0.357. The molecule has 1 N–H and O–H groups in total. The minimum Gasteiger partial charge on any atom is -0.387 e. The van der Waals surface area contributed by atoms with Crippen molar-refractivity contribution >= 4 is 0 Å². The van der Waals surface area contributed by atoms with Crippen LogP contribution in [0.1, 0.15) is 29.3 Å². The highest BCUT2D eigenvalue weighted by Gasteiger charge is 2.10. The molecule has 1 unspecified atom stereocenters. The highest BCUT2D eigenvalue weighted by molar-refractivity contribution is 5.21. The van der Waals surface area contributed by atoms with E-state index in [0.29, 0.717) is 6.42 Å². The summed E-state index contributed by atoms with van der Waals surface area (Å²) < 4.78 is 1.71. The third kappa shape index (κ3) is 3.17. The van der Waals surface area contributed by atoms with Gasteiger partial charge in [-0.05, 0) is 31.4 Å². The van der Waals surface area contributed by atoms with E-state index in [2.05, 4.69) is 36.3 Å². The van der Waals surface area contributed by atoms with Gasteiger partial charge < -0.3 is 5.11 Å². The summed E-state index contributed by atoms with van der Waals surface area (Å²) in [6.07, 6.45) is 2.96. The Morgan fingerprint density at radius 1 is 1.24 bits per heavy atom. The quantitative estimate of drug-likeness (QED) is 0.875. The molecule has 2 rings (SSSR count). The van der Waals surface area contributed by atoms with E-state index in [1.807, 2.05) is 19.3 Å². The lowest BCUT2D eigenvalue weighted by molar-refractivity contribution is 0.162. The van der Waals surface area contributed by atoms with E-state index in [0.717, 1.165) is 12.1 Å². The van der Waals surface area contributed by atoms with Gasteiger partial charge in [0.2, 0.25) is 0 Å². The van der Waals surface area contributed by atoms with Crippen LogP contribution in [0.25, 0.3) is 0 Å². The molecule has 0 aliphatic rings. The van der Waals surface area contributed by atoms with Crippen LogP contribution in [0.5, 0.6) is 0 Å². The molecule has 3 heteroatoms. The average Bonchev–Trinajstić information content (AvgIpc) is 2.75. The van der Waals surface area contributed by atoms with Crippen molar-refractivity contribution in [3.05, 3.63) is 53.3 Å². The fourth-order valence-electron chi connectivity index (χ4n) is 1.82. The van der Waals surface area contributed by atoms with Crippen molar-refractivity contribution in [2.75, 3.05) is 0 Å². The summed E-state index contributed by atoms with van der Waals surface area (Å²) in [6.45, 7) is 2.08. The third-order valence-corrected chi connectivity index (χ3v) is 2.90. The molecule has 90 valence electrons. The molecule has 0 spiro atoms. The molecule has 0 fully saturated rings. The highest BCUT2D eigenvalue weighted by Crippen LogP contribution is 2.17. The lowest BCUT2D eigenvalue weighted by atomic mass is 10.0. The minimum atomic E-state index is -0.475. The van der Waals surface area contributed by atoms with Gasteiger partial charge in [0.15, 0.2) is 0 Å². The Balaban J connectivity index is 1.92. The Hall–Kier alpha value is -1.61. The van der Waals surface area contributed by atoms with Crippen LogP contribution in [0.2, 0.25) is 0 Å². The van der Waals surface area contributed by atoms with Gasteiger partial charge in [0.1, 0.15) is 0 Å². The van der Waals surface area contributed by atoms with Gasteiger partial charge in [0.05, 0.1) is 11.8 Å². The zero-order chi connectivity index (χ0) is 12.3. The number of aromatic nitrogens is 2. The number of hydrogen-bond donors (Lipinski definition) is 1. The molecule has 0 amide bonds. The number of aliphatic hydroxyl groups excluding tert-OH is 1. The summed E-state index contributed by atoms with van der Waals surface area (Å²) in [5, 5.41) is 14.2. The first-order valence-corrected chi connectivity index (χ1v) is 5.88. The molecule has 2 aromatic rings. The number of aryl methyl sites for hydroxylation is 3. The molecular weight excluding hydrogens is 212 g/mol. The first-order chi connectivity index (χ1) is 8.15. The van der Waals surface area contributed by atoms with Gasteiger partial charge in [0, 0.05) is 13.2 Å². The maximum Gasteiger partial charge on any atom is 0.0981 e. The Morgan fingerprint density at radius 2 is 1.94 bits per heavy atom. The number of hydrogen-bond acceptors (Lipinski definition) is 2. The van der Waals surface area contributed by atoms with Crippen molar-refractivity contribution in [3.8, 4) is 0 Å². The van der Waals surface area contributed by atoms with E-state index in [4.69, 9.17) is 0 Å². The summed E-state index contributed by atoms with van der Waals surface area (Å²) in [6, 6.07) is 10.3. The summed E-state index contributed by atoms with van der Waals surface area (Å²) in [5.41, 5.74) is 3.27. The van der Waals surface area contributed by atoms with E-state index in [1.165, 1.54) is 11.1 Å². The summed E-state index contributed by atoms with van der Waals surface area (Å²) in [4.78, 5) is 0. The molecule has 17 heavy (non-hydrogen) atoms. The van der Waals surface area contributed by atoms with Crippen molar-refractivity contribution in [3.63, 3.8) is 0 Å². The van der Waals surface area contributed by atoms with Crippen LogP contribution in [-0.2, 0) is 13.5 Å². The van der Waals surface area contributed by atoms with Crippen molar-refractivity contribution in [2.45, 2.75) is 25.9 Å². The van der Waals surface area contributed by atoms with Gasteiger partial charge in [-0.15, -0.1) is 0 Å². The standard InChI is InChI=1S/C14H18N2O/c1-11-3-5-12(6-4-11)7-8-14(17)13-9-10-16(2)15-13/h3-6,9-10,14,17H,7-8H2,1-2H3. The number of aliphatic hydroxyl groups is 1. The minimum absolute atomic E-state index is 0.475. The van der Waals surface area contributed by atoms with Crippen LogP contribution >= 0.6 is 0 Å². The van der Waals surface area contributed by atoms with E-state index in [9.17, 15) is 5.11 Å². The normalized spacial score (nSPS) is 12.6. The van der Waals surface area contributed by atoms with E-state index in [1.54, 1.807) is 4.68 Å². The van der Waals surface area contributed by atoms with Crippen molar-refractivity contribution < 1.29 is 5.11 Å². The maximum absolute atomic E-state index is 9.97. The SMILES string of the molecule is Cc1ccc(CCC(O)c2ccn(C)n2)cc1. The van der Waals surface area contributed by atoms with Gasteiger partial charge in [-0.2, -0.15) is 5.10 Å². The fourth-order valence-corrected chi connectivity index (χ4v) is 1.82. The maximum atomic E-state index is 9.97. The van der Waals surface area contributed by atoms with Crippen LogP contribution in [0.15, 0.2) is 36.5 Å². The third-order valence-electron chi connectivity index (χ3n) is 2.90. The molecule has 1 heterocycles. The molecule has 0 saturated carbocycles. The Morgan fingerprint density at radius 3 is 2.53 bits per heavy atom. The second-order valence-electron chi connectivity index (χ2n) is 4.45. The summed E-state index contributed by atoms with van der Waals surface area (Å²) in [5.74, 6) is 0. The van der Waals surface area contributed by atoms with Gasteiger partial charge in [0.25, 0.3) is 0 Å². The molecule has 0 radical (unpaired) electrons. The second-order valence-corrected chi connectivity index (χ2v) is 4.45. The summed E-state index contributed by atoms with van der Waals surface area (Å²) in [7, 11) is 1.86. The van der Waals surface area contributed by atoms with Gasteiger partial charge >= 0.3 is 0 Å². The molecular formula is C14H18N2O. The molecule has 1 aromatic heterocycles. The zero-order valence-corrected chi connectivity index (χ0v) is 10.3. The van der Waals surface area contributed by atoms with Crippen LogP contribution in [0.3, 0.4) is 0 Å². The lowest BCUT2D eigenvalue weighted by Gasteiger charge is -2.07. The topological polar surface area (TPSA) is 38.0 Å². The molecule has 1 atom stereocenters. The van der Waals surface area contributed by atoms with Crippen LogP contribution in [0.4, 0.5) is 0 Å². The highest BCUT2D eigenvalue weighted by atomic mass is 16.3. The molecule has 0 aliphatic heterocycles. The molecule has 0 bridgehead atoms. The van der Waals surface area contributed by atoms with Crippen LogP contribution < -0.4 is 0 Å². The number of rotatable bonds is 4. The van der Waals surface area contributed by atoms with E-state index < -0.39 is 6.10 Å². The van der Waals surface area contributed by atoms with E-state index >= 15 is 0 Å². The van der Waals surface area contributed by atoms with Crippen molar-refractivity contribution in [2.24, 2.45) is 7.05 Å². The predicted octanol–water partition coefficient (Wildman–Crippen LogP) is 2.39. The summed E-state index contributed by atoms with van der Waals surface area (Å²) >= 11 is 0. The van der Waals surface area contributed by atoms with Crippen molar-refractivity contribution in [1.29, 1.82) is 0 Å². The predicted molar refractivity (Wildman–Crippen MR) is 67.7 cm³/mol. The molecule has 0 saturated heterocycles. The Labute approximate surface area is 102 Å². The van der Waals surface area contributed by atoms with Gasteiger partial charge in [-0.1, -0.05) is 29.8 Å². The van der Waals surface area contributed by atoms with Crippen LogP contribution in [-0.4, -0.2) is 14.9 Å². The van der Waals surface area contributed by atoms with Crippen molar-refractivity contribution in [1.82, 2.24) is 9.78 Å². The Kier molecular flexibility index (Phi) is 3.59. The van der Waals surface area contributed by atoms with Gasteiger partial charge in [-0.3, -0.25) is 4.68 Å². The molecule has 3 nitrogen and oxygen atoms in total. The first-order valence-electron chi connectivity index (χ1n) is 5.88.